The number of aliphatic hydroxyl groups is 1. The molecule has 0 aliphatic carbocycles. The second-order valence-corrected chi connectivity index (χ2v) is 4.19. The van der Waals surface area contributed by atoms with Crippen LogP contribution in [0.25, 0.3) is 0 Å². The average molecular weight is 261 g/mol. The molecule has 2 rings (SSSR count). The first-order valence-electron chi connectivity index (χ1n) is 5.20. The van der Waals surface area contributed by atoms with Crippen LogP contribution in [0.5, 0.6) is 0 Å². The molecule has 1 amide bonds. The van der Waals surface area contributed by atoms with E-state index in [1.165, 1.54) is 0 Å². The van der Waals surface area contributed by atoms with Crippen LogP contribution < -0.4 is 0 Å². The van der Waals surface area contributed by atoms with Crippen LogP contribution in [0, 0.1) is 23.4 Å². The summed E-state index contributed by atoms with van der Waals surface area (Å²) in [4.78, 5) is 11.6. The van der Waals surface area contributed by atoms with E-state index in [-0.39, 0.29) is 18.7 Å². The number of halogens is 3. The third-order valence-corrected chi connectivity index (χ3v) is 2.97. The van der Waals surface area contributed by atoms with Crippen molar-refractivity contribution in [2.45, 2.75) is 6.10 Å². The number of likely N-dealkylation sites (tertiary alicyclic amines) is 1. The van der Waals surface area contributed by atoms with Gasteiger partial charge in [-0.1, -0.05) is 0 Å². The molecule has 2 N–H and O–H groups in total. The van der Waals surface area contributed by atoms with Crippen LogP contribution in [0.2, 0.25) is 0 Å². The Morgan fingerprint density at radius 2 is 1.78 bits per heavy atom. The monoisotopic (exact) mass is 261 g/mol. The van der Waals surface area contributed by atoms with Crippen LogP contribution in [0.1, 0.15) is 11.7 Å². The highest BCUT2D eigenvalue weighted by Crippen LogP contribution is 2.31. The summed E-state index contributed by atoms with van der Waals surface area (Å²) in [7, 11) is 0. The van der Waals surface area contributed by atoms with Crippen LogP contribution in [0.4, 0.5) is 18.0 Å². The maximum atomic E-state index is 13.0. The first-order valence-corrected chi connectivity index (χ1v) is 5.20. The van der Waals surface area contributed by atoms with E-state index in [0.717, 1.165) is 4.90 Å². The van der Waals surface area contributed by atoms with Crippen molar-refractivity contribution in [2.75, 3.05) is 13.1 Å². The third-order valence-electron chi connectivity index (χ3n) is 2.97. The SMILES string of the molecule is O=C(O)N1CC(C(O)c2cc(F)c(F)c(F)c2)C1. The zero-order valence-corrected chi connectivity index (χ0v) is 9.11. The molecule has 0 saturated carbocycles. The first-order chi connectivity index (χ1) is 8.40. The quantitative estimate of drug-likeness (QED) is 0.797. The zero-order valence-electron chi connectivity index (χ0n) is 9.11. The summed E-state index contributed by atoms with van der Waals surface area (Å²) in [6, 6.07) is 1.43. The summed E-state index contributed by atoms with van der Waals surface area (Å²) >= 11 is 0. The minimum atomic E-state index is -1.59. The molecule has 0 aromatic heterocycles. The second-order valence-electron chi connectivity index (χ2n) is 4.19. The van der Waals surface area contributed by atoms with Gasteiger partial charge in [0.25, 0.3) is 0 Å². The highest BCUT2D eigenvalue weighted by atomic mass is 19.2. The second kappa shape index (κ2) is 4.49. The largest absolute Gasteiger partial charge is 0.465 e. The Labute approximate surface area is 100 Å². The molecule has 1 heterocycles. The minimum absolute atomic E-state index is 0.0805. The number of rotatable bonds is 2. The van der Waals surface area contributed by atoms with Crippen molar-refractivity contribution in [1.29, 1.82) is 0 Å². The highest BCUT2D eigenvalue weighted by molar-refractivity contribution is 5.66. The smallest absolute Gasteiger partial charge is 0.407 e. The van der Waals surface area contributed by atoms with Crippen molar-refractivity contribution in [1.82, 2.24) is 4.90 Å². The molecule has 1 aromatic rings. The molecule has 1 aliphatic rings. The Morgan fingerprint density at radius 1 is 1.28 bits per heavy atom. The lowest BCUT2D eigenvalue weighted by Crippen LogP contribution is -2.51. The van der Waals surface area contributed by atoms with Gasteiger partial charge < -0.3 is 15.1 Å². The number of aliphatic hydroxyl groups excluding tert-OH is 1. The Hall–Kier alpha value is -1.76. The number of amides is 1. The zero-order chi connectivity index (χ0) is 13.4. The van der Waals surface area contributed by atoms with Crippen molar-refractivity contribution in [3.05, 3.63) is 35.1 Å². The third kappa shape index (κ3) is 2.13. The molecule has 1 unspecified atom stereocenters. The van der Waals surface area contributed by atoms with Crippen molar-refractivity contribution in [3.8, 4) is 0 Å². The van der Waals surface area contributed by atoms with Crippen molar-refractivity contribution in [3.63, 3.8) is 0 Å². The number of hydrogen-bond acceptors (Lipinski definition) is 2. The molecular formula is C11H10F3NO3. The number of carbonyl (C=O) groups is 1. The fourth-order valence-electron chi connectivity index (χ4n) is 1.89. The van der Waals surface area contributed by atoms with Gasteiger partial charge >= 0.3 is 6.09 Å². The summed E-state index contributed by atoms with van der Waals surface area (Å²) in [6.45, 7) is 0.161. The van der Waals surface area contributed by atoms with Gasteiger partial charge in [0.1, 0.15) is 0 Å². The maximum Gasteiger partial charge on any atom is 0.407 e. The van der Waals surface area contributed by atoms with E-state index in [1.807, 2.05) is 0 Å². The van der Waals surface area contributed by atoms with Crippen molar-refractivity contribution >= 4 is 6.09 Å². The molecule has 1 aromatic carbocycles. The molecule has 1 fully saturated rings. The maximum absolute atomic E-state index is 13.0. The Bertz CT molecular complexity index is 465. The first kappa shape index (κ1) is 12.7. The number of carboxylic acid groups (broad SMARTS) is 1. The van der Waals surface area contributed by atoms with Gasteiger partial charge in [0.05, 0.1) is 6.10 Å². The molecule has 0 radical (unpaired) electrons. The van der Waals surface area contributed by atoms with Gasteiger partial charge in [-0.25, -0.2) is 18.0 Å². The summed E-state index contributed by atoms with van der Waals surface area (Å²) in [5, 5.41) is 18.4. The van der Waals surface area contributed by atoms with Crippen molar-refractivity contribution < 1.29 is 28.2 Å². The Balaban J connectivity index is 2.11. The normalized spacial score (nSPS) is 17.4. The summed E-state index contributed by atoms with van der Waals surface area (Å²) in [6.07, 6.45) is -2.33. The predicted octanol–water partition coefficient (Wildman–Crippen LogP) is 1.75. The van der Waals surface area contributed by atoms with Crippen LogP contribution in [-0.4, -0.2) is 34.3 Å². The molecule has 0 spiro atoms. The lowest BCUT2D eigenvalue weighted by Gasteiger charge is -2.39. The molecule has 1 saturated heterocycles. The number of benzene rings is 1. The fourth-order valence-corrected chi connectivity index (χ4v) is 1.89. The molecule has 7 heteroatoms. The highest BCUT2D eigenvalue weighted by Gasteiger charge is 2.36. The molecular weight excluding hydrogens is 251 g/mol. The topological polar surface area (TPSA) is 60.8 Å². The fraction of sp³-hybridized carbons (Fsp3) is 0.364. The van der Waals surface area contributed by atoms with Gasteiger partial charge in [-0.05, 0) is 17.7 Å². The van der Waals surface area contributed by atoms with Crippen LogP contribution in [0.15, 0.2) is 12.1 Å². The standard InChI is InChI=1S/C11H10F3NO3/c12-7-1-5(2-8(13)9(7)14)10(16)6-3-15(4-6)11(17)18/h1-2,6,10,16H,3-4H2,(H,17,18). The van der Waals surface area contributed by atoms with Gasteiger partial charge in [0.2, 0.25) is 0 Å². The minimum Gasteiger partial charge on any atom is -0.465 e. The molecule has 1 atom stereocenters. The van der Waals surface area contributed by atoms with E-state index in [9.17, 15) is 23.1 Å². The van der Waals surface area contributed by atoms with E-state index < -0.39 is 35.6 Å². The lowest BCUT2D eigenvalue weighted by molar-refractivity contribution is 0.00248. The van der Waals surface area contributed by atoms with Crippen LogP contribution in [0.3, 0.4) is 0 Å². The summed E-state index contributed by atoms with van der Waals surface area (Å²) in [5.41, 5.74) is -0.0959. The lowest BCUT2D eigenvalue weighted by atomic mass is 9.89. The molecule has 18 heavy (non-hydrogen) atoms. The Morgan fingerprint density at radius 3 is 2.22 bits per heavy atom. The van der Waals surface area contributed by atoms with E-state index >= 15 is 0 Å². The molecule has 0 bridgehead atoms. The number of hydrogen-bond donors (Lipinski definition) is 2. The molecule has 1 aliphatic heterocycles. The van der Waals surface area contributed by atoms with Gasteiger partial charge in [-0.3, -0.25) is 0 Å². The molecule has 4 nitrogen and oxygen atoms in total. The van der Waals surface area contributed by atoms with Crippen molar-refractivity contribution in [2.24, 2.45) is 5.92 Å². The molecule has 98 valence electrons. The van der Waals surface area contributed by atoms with E-state index in [4.69, 9.17) is 5.11 Å². The number of nitrogens with zero attached hydrogens (tertiary/aromatic N) is 1. The van der Waals surface area contributed by atoms with Gasteiger partial charge in [-0.15, -0.1) is 0 Å². The van der Waals surface area contributed by atoms with Crippen LogP contribution in [-0.2, 0) is 0 Å². The van der Waals surface area contributed by atoms with E-state index in [2.05, 4.69) is 0 Å². The predicted molar refractivity (Wildman–Crippen MR) is 54.4 cm³/mol. The Kier molecular flexibility index (Phi) is 3.16. The summed E-state index contributed by atoms with van der Waals surface area (Å²) < 4.78 is 38.6. The van der Waals surface area contributed by atoms with E-state index in [1.54, 1.807) is 0 Å². The summed E-state index contributed by atoms with van der Waals surface area (Å²) in [5.74, 6) is -4.78. The van der Waals surface area contributed by atoms with Gasteiger partial charge in [0, 0.05) is 19.0 Å². The van der Waals surface area contributed by atoms with Gasteiger partial charge in [-0.2, -0.15) is 0 Å². The van der Waals surface area contributed by atoms with Gasteiger partial charge in [0.15, 0.2) is 17.5 Å². The van der Waals surface area contributed by atoms with E-state index in [0.29, 0.717) is 12.1 Å². The average Bonchev–Trinajstić information content (AvgIpc) is 2.22. The van der Waals surface area contributed by atoms with Crippen LogP contribution >= 0.6 is 0 Å².